The molecule has 0 bridgehead atoms. The topological polar surface area (TPSA) is 84.3 Å². The number of hydrogen-bond acceptors (Lipinski definition) is 4. The molecular weight excluding hydrogens is 342 g/mol. The third kappa shape index (κ3) is 5.97. The molecule has 0 radical (unpaired) electrons. The van der Waals surface area contributed by atoms with Gasteiger partial charge < -0.3 is 10.6 Å². The molecule has 7 heteroatoms. The molecule has 1 aromatic carbocycles. The Hall–Kier alpha value is -1.66. The van der Waals surface area contributed by atoms with Crippen molar-refractivity contribution < 1.29 is 9.72 Å². The molecule has 6 nitrogen and oxygen atoms in total. The Morgan fingerprint density at radius 3 is 2.56 bits per heavy atom. The van der Waals surface area contributed by atoms with Crippen LogP contribution in [0.25, 0.3) is 0 Å². The molecule has 2 rings (SSSR count). The van der Waals surface area contributed by atoms with Crippen LogP contribution >= 0.6 is 12.4 Å². The van der Waals surface area contributed by atoms with Crippen LogP contribution in [0, 0.1) is 22.0 Å². The van der Waals surface area contributed by atoms with E-state index < -0.39 is 10.5 Å². The highest BCUT2D eigenvalue weighted by atomic mass is 35.5. The second kappa shape index (κ2) is 9.15. The molecule has 1 heterocycles. The van der Waals surface area contributed by atoms with Crippen LogP contribution in [0.3, 0.4) is 0 Å². The molecule has 1 saturated heterocycles. The largest absolute Gasteiger partial charge is 0.347 e. The maximum atomic E-state index is 12.4. The van der Waals surface area contributed by atoms with Crippen LogP contribution < -0.4 is 10.6 Å². The smallest absolute Gasteiger partial charge is 0.269 e. The minimum Gasteiger partial charge on any atom is -0.347 e. The highest BCUT2D eigenvalue weighted by Gasteiger charge is 2.27. The molecule has 0 aromatic heterocycles. The Morgan fingerprint density at radius 2 is 2.04 bits per heavy atom. The Labute approximate surface area is 155 Å². The summed E-state index contributed by atoms with van der Waals surface area (Å²) in [6, 6.07) is 6.35. The van der Waals surface area contributed by atoms with Crippen molar-refractivity contribution in [2.24, 2.45) is 11.8 Å². The number of carbonyl (C=O) groups is 1. The highest BCUT2D eigenvalue weighted by Crippen LogP contribution is 2.25. The van der Waals surface area contributed by atoms with Crippen molar-refractivity contribution >= 4 is 24.0 Å². The van der Waals surface area contributed by atoms with Crippen molar-refractivity contribution in [3.05, 3.63) is 39.9 Å². The summed E-state index contributed by atoms with van der Waals surface area (Å²) in [6.45, 7) is 8.02. The van der Waals surface area contributed by atoms with E-state index in [1.807, 2.05) is 13.8 Å². The molecule has 1 aliphatic rings. The maximum Gasteiger partial charge on any atom is 0.269 e. The summed E-state index contributed by atoms with van der Waals surface area (Å²) in [6.07, 6.45) is 2.85. The van der Waals surface area contributed by atoms with E-state index in [1.165, 1.54) is 25.0 Å². The number of carbonyl (C=O) groups excluding carboxylic acids is 1. The van der Waals surface area contributed by atoms with Crippen molar-refractivity contribution in [2.75, 3.05) is 13.1 Å². The Kier molecular flexibility index (Phi) is 7.83. The molecule has 2 N–H and O–H groups in total. The lowest BCUT2D eigenvalue weighted by Crippen LogP contribution is -2.42. The number of nitro benzene ring substituents is 1. The normalized spacial score (nSPS) is 18.8. The average Bonchev–Trinajstić information content (AvgIpc) is 2.55. The average molecular weight is 370 g/mol. The Morgan fingerprint density at radius 1 is 1.40 bits per heavy atom. The molecule has 2 unspecified atom stereocenters. The van der Waals surface area contributed by atoms with Crippen LogP contribution in [0.2, 0.25) is 0 Å². The maximum absolute atomic E-state index is 12.4. The van der Waals surface area contributed by atoms with Crippen LogP contribution in [0.15, 0.2) is 24.3 Å². The lowest BCUT2D eigenvalue weighted by atomic mass is 9.85. The van der Waals surface area contributed by atoms with Gasteiger partial charge in [0.2, 0.25) is 5.91 Å². The van der Waals surface area contributed by atoms with Gasteiger partial charge in [0.05, 0.1) is 10.5 Å². The van der Waals surface area contributed by atoms with Gasteiger partial charge in [0, 0.05) is 18.6 Å². The number of non-ortho nitro benzene ring substituents is 1. The number of benzene rings is 1. The number of nitrogens with one attached hydrogen (secondary N) is 2. The van der Waals surface area contributed by atoms with E-state index in [9.17, 15) is 14.9 Å². The van der Waals surface area contributed by atoms with E-state index in [2.05, 4.69) is 17.6 Å². The molecule has 1 aromatic rings. The molecular formula is C18H28ClN3O3. The van der Waals surface area contributed by atoms with E-state index in [1.54, 1.807) is 12.1 Å². The van der Waals surface area contributed by atoms with Crippen molar-refractivity contribution in [1.82, 2.24) is 10.6 Å². The Bertz CT molecular complexity index is 584. The SMILES string of the molecule is CC(CC(=O)NC(C)(C)c1ccc([N+](=O)[O-])cc1)C1CCCNC1.Cl. The summed E-state index contributed by atoms with van der Waals surface area (Å²) >= 11 is 0. The fraction of sp³-hybridized carbons (Fsp3) is 0.611. The zero-order valence-corrected chi connectivity index (χ0v) is 15.9. The lowest BCUT2D eigenvalue weighted by molar-refractivity contribution is -0.384. The number of nitro groups is 1. The predicted octanol–water partition coefficient (Wildman–Crippen LogP) is 3.39. The first kappa shape index (κ1) is 21.4. The van der Waals surface area contributed by atoms with Gasteiger partial charge in [-0.05, 0) is 69.3 Å². The van der Waals surface area contributed by atoms with Crippen LogP contribution in [0.1, 0.15) is 45.6 Å². The van der Waals surface area contributed by atoms with Gasteiger partial charge in [0.25, 0.3) is 5.69 Å². The number of halogens is 1. The summed E-state index contributed by atoms with van der Waals surface area (Å²) in [5, 5.41) is 17.2. The first-order valence-electron chi connectivity index (χ1n) is 8.56. The minimum absolute atomic E-state index is 0. The van der Waals surface area contributed by atoms with Gasteiger partial charge in [-0.1, -0.05) is 6.92 Å². The van der Waals surface area contributed by atoms with Gasteiger partial charge in [-0.15, -0.1) is 12.4 Å². The van der Waals surface area contributed by atoms with Gasteiger partial charge >= 0.3 is 0 Å². The molecule has 0 aliphatic carbocycles. The molecule has 0 spiro atoms. The van der Waals surface area contributed by atoms with E-state index >= 15 is 0 Å². The number of rotatable bonds is 6. The summed E-state index contributed by atoms with van der Waals surface area (Å²) in [5.74, 6) is 0.911. The van der Waals surface area contributed by atoms with E-state index in [0.29, 0.717) is 18.3 Å². The zero-order chi connectivity index (χ0) is 17.7. The number of piperidine rings is 1. The molecule has 1 aliphatic heterocycles. The third-order valence-electron chi connectivity index (χ3n) is 4.90. The van der Waals surface area contributed by atoms with Gasteiger partial charge in [-0.25, -0.2) is 0 Å². The monoisotopic (exact) mass is 369 g/mol. The lowest BCUT2D eigenvalue weighted by Gasteiger charge is -2.30. The first-order chi connectivity index (χ1) is 11.3. The second-order valence-corrected chi connectivity index (χ2v) is 7.27. The molecule has 140 valence electrons. The van der Waals surface area contributed by atoms with Gasteiger partial charge in [0.1, 0.15) is 0 Å². The molecule has 25 heavy (non-hydrogen) atoms. The standard InChI is InChI=1S/C18H27N3O3.ClH/c1-13(14-5-4-10-19-12-14)11-17(22)20-18(2,3)15-6-8-16(9-7-15)21(23)24;/h6-9,13-14,19H,4-5,10-12H2,1-3H3,(H,20,22);1H. The summed E-state index contributed by atoms with van der Waals surface area (Å²) in [5.41, 5.74) is 0.351. The number of amides is 1. The van der Waals surface area contributed by atoms with Crippen molar-refractivity contribution in [2.45, 2.75) is 45.6 Å². The first-order valence-corrected chi connectivity index (χ1v) is 8.56. The van der Waals surface area contributed by atoms with Crippen LogP contribution in [0.5, 0.6) is 0 Å². The van der Waals surface area contributed by atoms with Gasteiger partial charge in [-0.3, -0.25) is 14.9 Å². The van der Waals surface area contributed by atoms with E-state index in [-0.39, 0.29) is 24.0 Å². The van der Waals surface area contributed by atoms with Crippen molar-refractivity contribution in [3.63, 3.8) is 0 Å². The fourth-order valence-electron chi connectivity index (χ4n) is 3.30. The Balaban J connectivity index is 0.00000312. The predicted molar refractivity (Wildman–Crippen MR) is 101 cm³/mol. The number of nitrogens with zero attached hydrogens (tertiary/aromatic N) is 1. The number of hydrogen-bond donors (Lipinski definition) is 2. The summed E-state index contributed by atoms with van der Waals surface area (Å²) in [7, 11) is 0. The van der Waals surface area contributed by atoms with Crippen molar-refractivity contribution in [1.29, 1.82) is 0 Å². The van der Waals surface area contributed by atoms with E-state index in [0.717, 1.165) is 18.7 Å². The molecule has 0 saturated carbocycles. The quantitative estimate of drug-likeness (QED) is 0.594. The van der Waals surface area contributed by atoms with E-state index in [4.69, 9.17) is 0 Å². The van der Waals surface area contributed by atoms with Crippen molar-refractivity contribution in [3.8, 4) is 0 Å². The minimum atomic E-state index is -0.559. The molecule has 1 amide bonds. The van der Waals surface area contributed by atoms with Gasteiger partial charge in [-0.2, -0.15) is 0 Å². The van der Waals surface area contributed by atoms with Gasteiger partial charge in [0.15, 0.2) is 0 Å². The van der Waals surface area contributed by atoms with Crippen LogP contribution in [0.4, 0.5) is 5.69 Å². The fourth-order valence-corrected chi connectivity index (χ4v) is 3.30. The van der Waals surface area contributed by atoms with Crippen LogP contribution in [-0.2, 0) is 10.3 Å². The summed E-state index contributed by atoms with van der Waals surface area (Å²) < 4.78 is 0. The second-order valence-electron chi connectivity index (χ2n) is 7.27. The summed E-state index contributed by atoms with van der Waals surface area (Å²) in [4.78, 5) is 22.7. The molecule has 1 fully saturated rings. The highest BCUT2D eigenvalue weighted by molar-refractivity contribution is 5.85. The zero-order valence-electron chi connectivity index (χ0n) is 15.1. The third-order valence-corrected chi connectivity index (χ3v) is 4.90. The molecule has 2 atom stereocenters. The van der Waals surface area contributed by atoms with Crippen LogP contribution in [-0.4, -0.2) is 23.9 Å².